The Morgan fingerprint density at radius 2 is 1.86 bits per heavy atom. The molecule has 5 nitrogen and oxygen atoms in total. The van der Waals surface area contributed by atoms with Crippen molar-refractivity contribution in [3.8, 4) is 0 Å². The van der Waals surface area contributed by atoms with E-state index in [1.54, 1.807) is 4.36 Å². The van der Waals surface area contributed by atoms with E-state index in [0.717, 1.165) is 37.9 Å². The molecule has 1 aliphatic carbocycles. The van der Waals surface area contributed by atoms with Gasteiger partial charge in [0.25, 0.3) is 10.9 Å². The molecule has 0 saturated heterocycles. The van der Waals surface area contributed by atoms with Crippen molar-refractivity contribution in [3.63, 3.8) is 0 Å². The third-order valence-corrected chi connectivity index (χ3v) is 5.54. The predicted molar refractivity (Wildman–Crippen MR) is 115 cm³/mol. The van der Waals surface area contributed by atoms with E-state index in [9.17, 15) is 4.79 Å². The second-order valence-corrected chi connectivity index (χ2v) is 8.01. The fourth-order valence-electron chi connectivity index (χ4n) is 3.99. The first-order chi connectivity index (χ1) is 14.0. The van der Waals surface area contributed by atoms with Crippen molar-refractivity contribution in [2.24, 2.45) is 5.11 Å². The third kappa shape index (κ3) is 2.94. The highest BCUT2D eigenvalue weighted by Gasteiger charge is 2.20. The van der Waals surface area contributed by atoms with Crippen LogP contribution in [0.2, 0.25) is 5.02 Å². The summed E-state index contributed by atoms with van der Waals surface area (Å²) in [5, 5.41) is 11.5. The van der Waals surface area contributed by atoms with Crippen molar-refractivity contribution in [1.29, 1.82) is 0 Å². The van der Waals surface area contributed by atoms with E-state index in [4.69, 9.17) is 11.6 Å². The summed E-state index contributed by atoms with van der Waals surface area (Å²) in [5.41, 5.74) is 1.65. The highest BCUT2D eigenvalue weighted by Crippen LogP contribution is 2.30. The van der Waals surface area contributed by atoms with Crippen LogP contribution in [0.25, 0.3) is 32.6 Å². The summed E-state index contributed by atoms with van der Waals surface area (Å²) in [4.78, 5) is 18.2. The molecule has 2 aliphatic rings. The van der Waals surface area contributed by atoms with E-state index in [-0.39, 0.29) is 5.91 Å². The zero-order valence-electron chi connectivity index (χ0n) is 16.2. The van der Waals surface area contributed by atoms with Gasteiger partial charge in [0, 0.05) is 39.9 Å². The number of halogens is 1. The SMILES string of the molecule is CN(C)CCC(=O)N=[n+]1c2c3cccc4cccc(c=2[nH]c2cc(Cl)ccc21)c43. The molecular weight excluding hydrogens is 384 g/mol. The fraction of sp³-hybridized carbons (Fsp3) is 0.174. The first-order valence-electron chi connectivity index (χ1n) is 9.55. The number of carbonyl (C=O) groups is 1. The Balaban J connectivity index is 1.97. The van der Waals surface area contributed by atoms with Crippen molar-refractivity contribution in [1.82, 2.24) is 9.88 Å². The molecule has 29 heavy (non-hydrogen) atoms. The molecule has 0 bridgehead atoms. The molecule has 0 atom stereocenters. The van der Waals surface area contributed by atoms with Gasteiger partial charge in [-0.3, -0.25) is 4.79 Å². The van der Waals surface area contributed by atoms with E-state index in [0.29, 0.717) is 18.0 Å². The van der Waals surface area contributed by atoms with E-state index in [2.05, 4.69) is 40.4 Å². The molecule has 0 unspecified atom stereocenters. The van der Waals surface area contributed by atoms with Crippen LogP contribution in [-0.2, 0) is 4.79 Å². The number of nitrogens with one attached hydrogen (secondary N) is 1. The monoisotopic (exact) mass is 403 g/mol. The van der Waals surface area contributed by atoms with Gasteiger partial charge in [-0.05, 0) is 42.0 Å². The molecular formula is C23H20ClN4O+. The maximum Gasteiger partial charge on any atom is 0.310 e. The highest BCUT2D eigenvalue weighted by atomic mass is 35.5. The Bertz CT molecular complexity index is 1510. The Kier molecular flexibility index (Phi) is 4.23. The van der Waals surface area contributed by atoms with Gasteiger partial charge >= 0.3 is 5.91 Å². The Labute approximate surface area is 171 Å². The number of aromatic nitrogens is 2. The zero-order valence-corrected chi connectivity index (χ0v) is 17.0. The minimum atomic E-state index is -0.156. The summed E-state index contributed by atoms with van der Waals surface area (Å²) >= 11 is 6.25. The van der Waals surface area contributed by atoms with Crippen LogP contribution in [0.4, 0.5) is 0 Å². The molecule has 0 fully saturated rings. The first-order valence-corrected chi connectivity index (χ1v) is 9.93. The second-order valence-electron chi connectivity index (χ2n) is 7.58. The standard InChI is InChI=1S/C23H19ClN4O/c1-27(2)12-11-20(29)26-28-19-10-9-15(24)13-18(19)25-22-16-7-3-5-14-6-4-8-17(21(14)16)23(22)28/h3-10,13H,11-12H2,1-2H3/p+1. The molecule has 0 saturated carbocycles. The molecule has 1 amide bonds. The lowest BCUT2D eigenvalue weighted by atomic mass is 10.1. The lowest BCUT2D eigenvalue weighted by molar-refractivity contribution is -0.523. The molecule has 144 valence electrons. The number of amides is 1. The third-order valence-electron chi connectivity index (χ3n) is 5.31. The minimum Gasteiger partial charge on any atom is -0.344 e. The summed E-state index contributed by atoms with van der Waals surface area (Å²) in [5.74, 6) is -0.156. The van der Waals surface area contributed by atoms with Gasteiger partial charge in [0.1, 0.15) is 10.9 Å². The fourth-order valence-corrected chi connectivity index (χ4v) is 4.16. The average molecular weight is 404 g/mol. The molecule has 1 aliphatic heterocycles. The van der Waals surface area contributed by atoms with Gasteiger partial charge in [-0.25, -0.2) is 0 Å². The minimum absolute atomic E-state index is 0.156. The van der Waals surface area contributed by atoms with E-state index < -0.39 is 0 Å². The van der Waals surface area contributed by atoms with Crippen LogP contribution >= 0.6 is 11.6 Å². The second kappa shape index (κ2) is 6.79. The van der Waals surface area contributed by atoms with Crippen molar-refractivity contribution in [3.05, 3.63) is 70.3 Å². The van der Waals surface area contributed by atoms with Gasteiger partial charge < -0.3 is 9.88 Å². The summed E-state index contributed by atoms with van der Waals surface area (Å²) in [6.45, 7) is 0.656. The number of hydrogen-bond acceptors (Lipinski definition) is 2. The molecule has 3 aromatic rings. The Morgan fingerprint density at radius 1 is 1.10 bits per heavy atom. The molecule has 1 heterocycles. The number of carbonyl (C=O) groups excluding carboxylic acids is 1. The molecule has 3 aromatic carbocycles. The van der Waals surface area contributed by atoms with Crippen molar-refractivity contribution >= 4 is 50.1 Å². The summed E-state index contributed by atoms with van der Waals surface area (Å²) in [6, 6.07) is 18.1. The Hall–Kier alpha value is -3.02. The maximum absolute atomic E-state index is 12.7. The van der Waals surface area contributed by atoms with E-state index in [1.807, 2.05) is 43.3 Å². The lowest BCUT2D eigenvalue weighted by Gasteiger charge is -2.04. The van der Waals surface area contributed by atoms with Crippen LogP contribution in [0.15, 0.2) is 59.7 Å². The van der Waals surface area contributed by atoms with Gasteiger partial charge in [-0.1, -0.05) is 41.9 Å². The van der Waals surface area contributed by atoms with Crippen LogP contribution in [0.3, 0.4) is 0 Å². The number of rotatable bonds is 3. The first kappa shape index (κ1) is 18.0. The zero-order chi connectivity index (χ0) is 20.1. The summed E-state index contributed by atoms with van der Waals surface area (Å²) < 4.78 is 1.78. The predicted octanol–water partition coefficient (Wildman–Crippen LogP) is 4.37. The van der Waals surface area contributed by atoms with Gasteiger partial charge in [-0.15, -0.1) is 0 Å². The largest absolute Gasteiger partial charge is 0.344 e. The topological polar surface area (TPSA) is 54.4 Å². The van der Waals surface area contributed by atoms with Crippen LogP contribution < -0.4 is 4.36 Å². The number of fused-ring (bicyclic) bond motifs is 3. The summed E-state index contributed by atoms with van der Waals surface area (Å²) in [6.07, 6.45) is 0.361. The quantitative estimate of drug-likeness (QED) is 0.455. The van der Waals surface area contributed by atoms with E-state index in [1.165, 1.54) is 5.39 Å². The molecule has 0 aromatic heterocycles. The van der Waals surface area contributed by atoms with Gasteiger partial charge in [-0.2, -0.15) is 0 Å². The van der Waals surface area contributed by atoms with Gasteiger partial charge in [0.15, 0.2) is 0 Å². The van der Waals surface area contributed by atoms with Crippen LogP contribution in [-0.4, -0.2) is 36.4 Å². The van der Waals surface area contributed by atoms with E-state index >= 15 is 0 Å². The molecule has 6 heteroatoms. The average Bonchev–Trinajstić information content (AvgIpc) is 3.02. The maximum atomic E-state index is 12.7. The van der Waals surface area contributed by atoms with Crippen molar-refractivity contribution < 1.29 is 9.16 Å². The molecule has 5 rings (SSSR count). The summed E-state index contributed by atoms with van der Waals surface area (Å²) in [7, 11) is 3.90. The number of nitrogens with zero attached hydrogens (tertiary/aromatic N) is 3. The van der Waals surface area contributed by atoms with Crippen LogP contribution in [0, 0.1) is 10.7 Å². The molecule has 0 radical (unpaired) electrons. The number of H-pyrrole nitrogens is 1. The number of benzene rings is 3. The Morgan fingerprint density at radius 3 is 2.62 bits per heavy atom. The molecule has 0 spiro atoms. The number of aromatic amines is 1. The normalized spacial score (nSPS) is 12.9. The highest BCUT2D eigenvalue weighted by molar-refractivity contribution is 6.31. The molecule has 1 N–H and O–H groups in total. The van der Waals surface area contributed by atoms with Crippen LogP contribution in [0.1, 0.15) is 6.42 Å². The van der Waals surface area contributed by atoms with Crippen molar-refractivity contribution in [2.75, 3.05) is 20.6 Å². The lowest BCUT2D eigenvalue weighted by Crippen LogP contribution is -2.25. The van der Waals surface area contributed by atoms with Gasteiger partial charge in [0.05, 0.1) is 5.39 Å². The smallest absolute Gasteiger partial charge is 0.310 e. The van der Waals surface area contributed by atoms with Crippen LogP contribution in [0.5, 0.6) is 0 Å². The van der Waals surface area contributed by atoms with Crippen molar-refractivity contribution in [2.45, 2.75) is 6.42 Å². The number of hydrogen-bond donors (Lipinski definition) is 1. The van der Waals surface area contributed by atoms with Gasteiger partial charge in [0.2, 0.25) is 0 Å².